The minimum atomic E-state index is -1.13. The molecule has 2 aromatic rings. The lowest BCUT2D eigenvalue weighted by Gasteiger charge is -2.00. The van der Waals surface area contributed by atoms with Crippen LogP contribution in [0.2, 0.25) is 0 Å². The van der Waals surface area contributed by atoms with Crippen LogP contribution < -0.4 is 5.32 Å². The molecule has 0 fully saturated rings. The van der Waals surface area contributed by atoms with Crippen molar-refractivity contribution in [2.45, 2.75) is 6.54 Å². The third-order valence-electron chi connectivity index (χ3n) is 2.13. The number of furan rings is 1. The van der Waals surface area contributed by atoms with Crippen molar-refractivity contribution in [1.82, 2.24) is 5.32 Å². The molecule has 0 unspecified atom stereocenters. The molecule has 5 nitrogen and oxygen atoms in total. The third kappa shape index (κ3) is 2.99. The van der Waals surface area contributed by atoms with Gasteiger partial charge in [0.2, 0.25) is 5.76 Å². The molecule has 1 amide bonds. The topological polar surface area (TPSA) is 79.5 Å². The van der Waals surface area contributed by atoms with Crippen LogP contribution in [0.3, 0.4) is 0 Å². The molecule has 0 aromatic carbocycles. The van der Waals surface area contributed by atoms with Crippen molar-refractivity contribution in [3.05, 3.63) is 44.4 Å². The zero-order chi connectivity index (χ0) is 13.1. The van der Waals surface area contributed by atoms with Gasteiger partial charge in [-0.1, -0.05) is 0 Å². The molecule has 0 atom stereocenters. The molecule has 94 valence electrons. The van der Waals surface area contributed by atoms with E-state index in [1.807, 2.05) is 0 Å². The summed E-state index contributed by atoms with van der Waals surface area (Å²) in [7, 11) is 0. The fourth-order valence-corrected chi connectivity index (χ4v) is 2.42. The SMILES string of the molecule is O=C(NCc1ccc(C(=O)O)o1)c1csc(Br)c1. The molecule has 0 saturated carbocycles. The largest absolute Gasteiger partial charge is 0.475 e. The maximum Gasteiger partial charge on any atom is 0.371 e. The number of amides is 1. The second-order valence-corrected chi connectivity index (χ2v) is 5.68. The second-order valence-electron chi connectivity index (χ2n) is 3.39. The predicted molar refractivity (Wildman–Crippen MR) is 68.9 cm³/mol. The molecule has 2 aromatic heterocycles. The molecule has 0 spiro atoms. The van der Waals surface area contributed by atoms with Gasteiger partial charge >= 0.3 is 5.97 Å². The van der Waals surface area contributed by atoms with Crippen LogP contribution in [0.4, 0.5) is 0 Å². The van der Waals surface area contributed by atoms with Crippen LogP contribution in [-0.4, -0.2) is 17.0 Å². The average molecular weight is 330 g/mol. The lowest BCUT2D eigenvalue weighted by atomic mass is 10.3. The van der Waals surface area contributed by atoms with Crippen molar-refractivity contribution >= 4 is 39.1 Å². The normalized spacial score (nSPS) is 10.3. The van der Waals surface area contributed by atoms with E-state index in [1.165, 1.54) is 23.5 Å². The van der Waals surface area contributed by atoms with Crippen molar-refractivity contribution in [3.63, 3.8) is 0 Å². The van der Waals surface area contributed by atoms with E-state index in [0.29, 0.717) is 11.3 Å². The maximum absolute atomic E-state index is 11.7. The van der Waals surface area contributed by atoms with Crippen LogP contribution in [0.15, 0.2) is 31.8 Å². The first-order valence-electron chi connectivity index (χ1n) is 4.90. The van der Waals surface area contributed by atoms with Crippen molar-refractivity contribution in [2.24, 2.45) is 0 Å². The number of hydrogen-bond acceptors (Lipinski definition) is 4. The number of rotatable bonds is 4. The van der Waals surface area contributed by atoms with E-state index in [1.54, 1.807) is 11.4 Å². The highest BCUT2D eigenvalue weighted by Gasteiger charge is 2.11. The highest BCUT2D eigenvalue weighted by atomic mass is 79.9. The number of carbonyl (C=O) groups excluding carboxylic acids is 1. The molecule has 0 saturated heterocycles. The van der Waals surface area contributed by atoms with E-state index in [0.717, 1.165) is 3.79 Å². The smallest absolute Gasteiger partial charge is 0.371 e. The van der Waals surface area contributed by atoms with Crippen molar-refractivity contribution in [1.29, 1.82) is 0 Å². The van der Waals surface area contributed by atoms with Gasteiger partial charge in [-0.2, -0.15) is 0 Å². The number of hydrogen-bond donors (Lipinski definition) is 2. The average Bonchev–Trinajstić information content (AvgIpc) is 2.94. The summed E-state index contributed by atoms with van der Waals surface area (Å²) in [5.41, 5.74) is 0.553. The third-order valence-corrected chi connectivity index (χ3v) is 3.63. The Hall–Kier alpha value is -1.60. The summed E-state index contributed by atoms with van der Waals surface area (Å²) in [5, 5.41) is 13.0. The fourth-order valence-electron chi connectivity index (χ4n) is 1.29. The molecule has 0 radical (unpaired) electrons. The van der Waals surface area contributed by atoms with Gasteiger partial charge in [0.15, 0.2) is 0 Å². The predicted octanol–water partition coefficient (Wildman–Crippen LogP) is 2.73. The van der Waals surface area contributed by atoms with Crippen molar-refractivity contribution < 1.29 is 19.1 Å². The van der Waals surface area contributed by atoms with Gasteiger partial charge in [0.1, 0.15) is 5.76 Å². The van der Waals surface area contributed by atoms with Crippen LogP contribution >= 0.6 is 27.3 Å². The molecule has 2 rings (SSSR count). The highest BCUT2D eigenvalue weighted by molar-refractivity contribution is 9.11. The first-order chi connectivity index (χ1) is 8.56. The summed E-state index contributed by atoms with van der Waals surface area (Å²) in [6, 6.07) is 4.59. The van der Waals surface area contributed by atoms with Crippen LogP contribution in [0, 0.1) is 0 Å². The first kappa shape index (κ1) is 12.8. The van der Waals surface area contributed by atoms with Gasteiger partial charge < -0.3 is 14.8 Å². The van der Waals surface area contributed by atoms with E-state index in [9.17, 15) is 9.59 Å². The lowest BCUT2D eigenvalue weighted by molar-refractivity contribution is 0.0660. The lowest BCUT2D eigenvalue weighted by Crippen LogP contribution is -2.21. The van der Waals surface area contributed by atoms with Gasteiger partial charge in [0, 0.05) is 5.38 Å². The monoisotopic (exact) mass is 329 g/mol. The molecular formula is C11H8BrNO4S. The van der Waals surface area contributed by atoms with Crippen LogP contribution in [0.1, 0.15) is 26.7 Å². The molecular weight excluding hydrogens is 322 g/mol. The number of thiophene rings is 1. The van der Waals surface area contributed by atoms with Crippen molar-refractivity contribution in [3.8, 4) is 0 Å². The number of carboxylic acid groups (broad SMARTS) is 1. The molecule has 0 aliphatic carbocycles. The molecule has 18 heavy (non-hydrogen) atoms. The Morgan fingerprint density at radius 1 is 1.44 bits per heavy atom. The Bertz CT molecular complexity index is 589. The summed E-state index contributed by atoms with van der Waals surface area (Å²) in [6.07, 6.45) is 0. The minimum Gasteiger partial charge on any atom is -0.475 e. The number of nitrogens with one attached hydrogen (secondary N) is 1. The van der Waals surface area contributed by atoms with Crippen molar-refractivity contribution in [2.75, 3.05) is 0 Å². The number of carbonyl (C=O) groups is 2. The van der Waals surface area contributed by atoms with E-state index in [2.05, 4.69) is 21.2 Å². The number of halogens is 1. The van der Waals surface area contributed by atoms with Gasteiger partial charge in [-0.25, -0.2) is 4.79 Å². The first-order valence-corrected chi connectivity index (χ1v) is 6.58. The second kappa shape index (κ2) is 5.36. The summed E-state index contributed by atoms with van der Waals surface area (Å²) in [4.78, 5) is 22.3. The van der Waals surface area contributed by atoms with E-state index in [4.69, 9.17) is 9.52 Å². The van der Waals surface area contributed by atoms with Crippen LogP contribution in [0.25, 0.3) is 0 Å². The number of aromatic carboxylic acids is 1. The van der Waals surface area contributed by atoms with Gasteiger partial charge in [0.25, 0.3) is 5.91 Å². The van der Waals surface area contributed by atoms with Gasteiger partial charge in [-0.3, -0.25) is 4.79 Å². The standard InChI is InChI=1S/C11H8BrNO4S/c12-9-3-6(5-18-9)10(14)13-4-7-1-2-8(17-7)11(15)16/h1-3,5H,4H2,(H,13,14)(H,15,16). The number of carboxylic acids is 1. The quantitative estimate of drug-likeness (QED) is 0.903. The van der Waals surface area contributed by atoms with E-state index < -0.39 is 5.97 Å². The van der Waals surface area contributed by atoms with Gasteiger partial charge in [-0.15, -0.1) is 11.3 Å². The van der Waals surface area contributed by atoms with Gasteiger partial charge in [0.05, 0.1) is 15.9 Å². The Kier molecular flexibility index (Phi) is 3.83. The Morgan fingerprint density at radius 2 is 2.22 bits per heavy atom. The summed E-state index contributed by atoms with van der Waals surface area (Å²) in [6.45, 7) is 0.152. The molecule has 2 N–H and O–H groups in total. The molecule has 2 heterocycles. The Morgan fingerprint density at radius 3 is 2.78 bits per heavy atom. The van der Waals surface area contributed by atoms with E-state index in [-0.39, 0.29) is 18.2 Å². The fraction of sp³-hybridized carbons (Fsp3) is 0.0909. The summed E-state index contributed by atoms with van der Waals surface area (Å²) < 4.78 is 5.89. The highest BCUT2D eigenvalue weighted by Crippen LogP contribution is 2.20. The zero-order valence-electron chi connectivity index (χ0n) is 8.97. The molecule has 0 aliphatic rings. The zero-order valence-corrected chi connectivity index (χ0v) is 11.4. The summed E-state index contributed by atoms with van der Waals surface area (Å²) in [5.74, 6) is -1.10. The molecule has 7 heteroatoms. The van der Waals surface area contributed by atoms with Crippen LogP contribution in [0.5, 0.6) is 0 Å². The van der Waals surface area contributed by atoms with E-state index >= 15 is 0 Å². The van der Waals surface area contributed by atoms with Gasteiger partial charge in [-0.05, 0) is 34.1 Å². The Labute approximate surface area is 115 Å². The maximum atomic E-state index is 11.7. The molecule has 0 bridgehead atoms. The molecule has 0 aliphatic heterocycles. The summed E-state index contributed by atoms with van der Waals surface area (Å²) >= 11 is 4.69. The minimum absolute atomic E-state index is 0.141. The Balaban J connectivity index is 1.95. The van der Waals surface area contributed by atoms with Crippen LogP contribution in [-0.2, 0) is 6.54 Å².